The van der Waals surface area contributed by atoms with Crippen LogP contribution < -0.4 is 4.74 Å². The third kappa shape index (κ3) is 2.93. The fourth-order valence-electron chi connectivity index (χ4n) is 9.67. The van der Waals surface area contributed by atoms with E-state index in [1.807, 2.05) is 18.2 Å². The third-order valence-electron chi connectivity index (χ3n) is 11.4. The highest BCUT2D eigenvalue weighted by molar-refractivity contribution is 5.84. The van der Waals surface area contributed by atoms with Crippen molar-refractivity contribution < 1.29 is 14.6 Å². The van der Waals surface area contributed by atoms with Gasteiger partial charge in [0.2, 0.25) is 0 Å². The largest absolute Gasteiger partial charge is 0.497 e. The van der Waals surface area contributed by atoms with Crippen molar-refractivity contribution in [1.82, 2.24) is 15.0 Å². The van der Waals surface area contributed by atoms with Crippen LogP contribution in [0.4, 0.5) is 0 Å². The Bertz CT molecular complexity index is 1150. The highest BCUT2D eigenvalue weighted by atomic mass is 16.5. The Morgan fingerprint density at radius 2 is 1.82 bits per heavy atom. The predicted octanol–water partition coefficient (Wildman–Crippen LogP) is 4.64. The number of aromatic nitrogens is 3. The summed E-state index contributed by atoms with van der Waals surface area (Å²) in [5.41, 5.74) is 1.50. The number of methoxy groups -OCH3 is 1. The number of ether oxygens (including phenoxy) is 1. The lowest BCUT2D eigenvalue weighted by Gasteiger charge is -2.56. The van der Waals surface area contributed by atoms with Crippen LogP contribution in [-0.4, -0.2) is 38.6 Å². The van der Waals surface area contributed by atoms with E-state index in [4.69, 9.17) is 4.74 Å². The van der Waals surface area contributed by atoms with Gasteiger partial charge >= 0.3 is 0 Å². The first-order chi connectivity index (χ1) is 16.4. The number of nitrogens with zero attached hydrogens (tertiary/aromatic N) is 3. The molecule has 1 aromatic heterocycles. The van der Waals surface area contributed by atoms with Crippen molar-refractivity contribution in [3.63, 3.8) is 0 Å². The van der Waals surface area contributed by atoms with Gasteiger partial charge in [-0.25, -0.2) is 4.68 Å². The van der Waals surface area contributed by atoms with Gasteiger partial charge in [0, 0.05) is 12.0 Å². The lowest BCUT2D eigenvalue weighted by molar-refractivity contribution is -0.131. The van der Waals surface area contributed by atoms with E-state index in [9.17, 15) is 9.90 Å². The Labute approximate surface area is 201 Å². The number of hydrogen-bond acceptors (Lipinski definition) is 5. The topological polar surface area (TPSA) is 77.2 Å². The maximum Gasteiger partial charge on any atom is 0.157 e. The van der Waals surface area contributed by atoms with Crippen molar-refractivity contribution in [3.05, 3.63) is 18.2 Å². The summed E-state index contributed by atoms with van der Waals surface area (Å²) in [6.45, 7) is 2.75. The van der Waals surface area contributed by atoms with Gasteiger partial charge in [-0.1, -0.05) is 12.1 Å². The monoisotopic (exact) mass is 463 g/mol. The molecule has 2 aromatic rings. The molecule has 0 bridgehead atoms. The number of hydrogen-bond donors (Lipinski definition) is 1. The minimum Gasteiger partial charge on any atom is -0.497 e. The van der Waals surface area contributed by atoms with E-state index in [0.717, 1.165) is 59.7 Å². The molecule has 1 heterocycles. The average Bonchev–Trinajstić information content (AvgIpc) is 3.20. The zero-order valence-corrected chi connectivity index (χ0v) is 20.4. The zero-order chi connectivity index (χ0) is 23.2. The van der Waals surface area contributed by atoms with Gasteiger partial charge in [-0.2, -0.15) is 0 Å². The van der Waals surface area contributed by atoms with E-state index in [2.05, 4.69) is 17.2 Å². The highest BCUT2D eigenvalue weighted by Crippen LogP contribution is 2.68. The number of benzene rings is 1. The van der Waals surface area contributed by atoms with Crippen molar-refractivity contribution in [3.8, 4) is 5.75 Å². The Balaban J connectivity index is 1.09. The fraction of sp³-hybridized carbons (Fsp3) is 0.750. The standard InChI is InChI=1S/C28H37N3O3/c1-27-11-9-17-18-10-12-28(33)14-23(28)20(18)5-4-19(17)21(27)6-7-22(27)26(32)15-31-25-8-3-16(34-2)13-24(25)29-30-31/h3,8,13,17-23,33H,4-7,9-12,14-15H2,1-2H3. The second-order valence-electron chi connectivity index (χ2n) is 12.5. The molecular weight excluding hydrogens is 426 g/mol. The molecule has 5 saturated carbocycles. The molecule has 0 radical (unpaired) electrons. The molecule has 7 rings (SSSR count). The maximum atomic E-state index is 13.7. The molecule has 34 heavy (non-hydrogen) atoms. The molecule has 6 heteroatoms. The van der Waals surface area contributed by atoms with Crippen molar-refractivity contribution in [2.45, 2.75) is 76.9 Å². The van der Waals surface area contributed by atoms with Gasteiger partial charge in [-0.05, 0) is 111 Å². The molecule has 5 aliphatic carbocycles. The van der Waals surface area contributed by atoms with Crippen LogP contribution in [-0.2, 0) is 11.3 Å². The lowest BCUT2D eigenvalue weighted by atomic mass is 9.49. The van der Waals surface area contributed by atoms with Crippen LogP contribution in [0.1, 0.15) is 64.7 Å². The number of ketones is 1. The predicted molar refractivity (Wildman–Crippen MR) is 128 cm³/mol. The van der Waals surface area contributed by atoms with Gasteiger partial charge in [-0.3, -0.25) is 4.79 Å². The van der Waals surface area contributed by atoms with Gasteiger partial charge in [0.25, 0.3) is 0 Å². The normalized spacial score (nSPS) is 44.6. The van der Waals surface area contributed by atoms with Crippen molar-refractivity contribution in [1.29, 1.82) is 0 Å². The summed E-state index contributed by atoms with van der Waals surface area (Å²) in [4.78, 5) is 13.7. The Morgan fingerprint density at radius 1 is 1.06 bits per heavy atom. The van der Waals surface area contributed by atoms with Crippen LogP contribution in [0, 0.1) is 46.8 Å². The Kier molecular flexibility index (Phi) is 4.57. The van der Waals surface area contributed by atoms with Crippen LogP contribution in [0.25, 0.3) is 11.0 Å². The molecule has 5 fully saturated rings. The van der Waals surface area contributed by atoms with Crippen LogP contribution in [0.3, 0.4) is 0 Å². The average molecular weight is 464 g/mol. The fourth-order valence-corrected chi connectivity index (χ4v) is 9.67. The van der Waals surface area contributed by atoms with Gasteiger partial charge in [0.15, 0.2) is 5.78 Å². The molecule has 9 unspecified atom stereocenters. The van der Waals surface area contributed by atoms with Crippen molar-refractivity contribution in [2.75, 3.05) is 7.11 Å². The summed E-state index contributed by atoms with van der Waals surface area (Å²) in [5.74, 6) is 5.69. The molecule has 5 aliphatic rings. The molecule has 182 valence electrons. The van der Waals surface area contributed by atoms with E-state index in [0.29, 0.717) is 24.2 Å². The molecule has 1 aromatic carbocycles. The molecule has 0 amide bonds. The first kappa shape index (κ1) is 21.3. The SMILES string of the molecule is COc1ccc2c(c1)nnn2CC(=O)C1CCC2C3CCC4C(CCC5(O)CC45)C3CCC12C. The van der Waals surface area contributed by atoms with Crippen LogP contribution in [0.15, 0.2) is 18.2 Å². The number of rotatable bonds is 4. The highest BCUT2D eigenvalue weighted by Gasteiger charge is 2.65. The first-order valence-corrected chi connectivity index (χ1v) is 13.5. The summed E-state index contributed by atoms with van der Waals surface area (Å²) in [6.07, 6.45) is 10.6. The van der Waals surface area contributed by atoms with Crippen LogP contribution >= 0.6 is 0 Å². The zero-order valence-electron chi connectivity index (χ0n) is 20.4. The third-order valence-corrected chi connectivity index (χ3v) is 11.4. The molecular formula is C28H37N3O3. The Morgan fingerprint density at radius 3 is 2.62 bits per heavy atom. The van der Waals surface area contributed by atoms with Gasteiger partial charge in [-0.15, -0.1) is 5.10 Å². The minimum absolute atomic E-state index is 0.125. The quantitative estimate of drug-likeness (QED) is 0.715. The summed E-state index contributed by atoms with van der Waals surface area (Å²) in [7, 11) is 1.65. The van der Waals surface area contributed by atoms with Crippen molar-refractivity contribution >= 4 is 16.8 Å². The van der Waals surface area contributed by atoms with Crippen LogP contribution in [0.2, 0.25) is 0 Å². The number of carbonyl (C=O) groups is 1. The molecule has 6 nitrogen and oxygen atoms in total. The van der Waals surface area contributed by atoms with E-state index >= 15 is 0 Å². The summed E-state index contributed by atoms with van der Waals surface area (Å²) >= 11 is 0. The smallest absolute Gasteiger partial charge is 0.157 e. The first-order valence-electron chi connectivity index (χ1n) is 13.5. The molecule has 9 atom stereocenters. The van der Waals surface area contributed by atoms with E-state index in [1.165, 1.54) is 38.5 Å². The summed E-state index contributed by atoms with van der Waals surface area (Å²) in [6, 6.07) is 5.74. The molecule has 0 aliphatic heterocycles. The second kappa shape index (κ2) is 7.28. The molecule has 0 spiro atoms. The Hall–Kier alpha value is -1.95. The summed E-state index contributed by atoms with van der Waals surface area (Å²) in [5, 5.41) is 19.3. The van der Waals surface area contributed by atoms with E-state index in [1.54, 1.807) is 11.8 Å². The maximum absolute atomic E-state index is 13.7. The number of aliphatic hydroxyl groups is 1. The lowest BCUT2D eigenvalue weighted by Crippen LogP contribution is -2.50. The van der Waals surface area contributed by atoms with Crippen molar-refractivity contribution in [2.24, 2.45) is 46.8 Å². The second-order valence-corrected chi connectivity index (χ2v) is 12.5. The number of fused-ring (bicyclic) bond motifs is 8. The molecule has 0 saturated heterocycles. The molecule has 1 N–H and O–H groups in total. The van der Waals surface area contributed by atoms with E-state index < -0.39 is 0 Å². The van der Waals surface area contributed by atoms with E-state index in [-0.39, 0.29) is 16.9 Å². The van der Waals surface area contributed by atoms with Gasteiger partial charge in [0.1, 0.15) is 17.8 Å². The van der Waals surface area contributed by atoms with Gasteiger partial charge < -0.3 is 9.84 Å². The number of carbonyl (C=O) groups excluding carboxylic acids is 1. The summed E-state index contributed by atoms with van der Waals surface area (Å²) < 4.78 is 7.08. The van der Waals surface area contributed by atoms with Gasteiger partial charge in [0.05, 0.1) is 18.2 Å². The number of Topliss-reactive ketones (excluding diaryl/α,β-unsaturated/α-hetero) is 1. The van der Waals surface area contributed by atoms with Crippen LogP contribution in [0.5, 0.6) is 5.75 Å². The minimum atomic E-state index is -0.293.